The number of methoxy groups -OCH3 is 1. The maximum absolute atomic E-state index is 12.9. The Morgan fingerprint density at radius 3 is 2.65 bits per heavy atom. The number of ether oxygens (including phenoxy) is 1. The van der Waals surface area contributed by atoms with E-state index >= 15 is 0 Å². The number of carbonyl (C=O) groups excluding carboxylic acids is 1. The highest BCUT2D eigenvalue weighted by Gasteiger charge is 2.15. The van der Waals surface area contributed by atoms with Crippen LogP contribution >= 0.6 is 0 Å². The third-order valence-electron chi connectivity index (χ3n) is 3.27. The Labute approximate surface area is 117 Å². The number of rotatable bonds is 4. The Bertz CT molecular complexity index is 596. The molecule has 3 nitrogen and oxygen atoms in total. The first-order valence-electron chi connectivity index (χ1n) is 6.38. The number of esters is 1. The van der Waals surface area contributed by atoms with Crippen LogP contribution in [0.5, 0.6) is 0 Å². The Morgan fingerprint density at radius 1 is 1.30 bits per heavy atom. The van der Waals surface area contributed by atoms with Crippen LogP contribution < -0.4 is 0 Å². The summed E-state index contributed by atoms with van der Waals surface area (Å²) in [6.45, 7) is 2.03. The highest BCUT2D eigenvalue weighted by atomic mass is 19.1. The minimum atomic E-state index is -0.367. The van der Waals surface area contributed by atoms with E-state index in [1.54, 1.807) is 30.6 Å². The van der Waals surface area contributed by atoms with Gasteiger partial charge in [-0.1, -0.05) is 19.1 Å². The molecule has 0 amide bonds. The van der Waals surface area contributed by atoms with Crippen LogP contribution in [-0.2, 0) is 11.2 Å². The second kappa shape index (κ2) is 6.28. The van der Waals surface area contributed by atoms with E-state index in [0.717, 1.165) is 11.1 Å². The van der Waals surface area contributed by atoms with Gasteiger partial charge in [-0.3, -0.25) is 4.98 Å². The Hall–Kier alpha value is -2.23. The third kappa shape index (κ3) is 3.20. The minimum Gasteiger partial charge on any atom is -0.465 e. The van der Waals surface area contributed by atoms with Crippen molar-refractivity contribution in [3.05, 3.63) is 65.2 Å². The van der Waals surface area contributed by atoms with Gasteiger partial charge >= 0.3 is 5.97 Å². The summed E-state index contributed by atoms with van der Waals surface area (Å²) in [4.78, 5) is 15.8. The van der Waals surface area contributed by atoms with E-state index in [1.807, 2.05) is 6.92 Å². The van der Waals surface area contributed by atoms with E-state index in [9.17, 15) is 9.18 Å². The lowest BCUT2D eigenvalue weighted by Gasteiger charge is -2.14. The largest absolute Gasteiger partial charge is 0.465 e. The van der Waals surface area contributed by atoms with Gasteiger partial charge in [-0.05, 0) is 41.7 Å². The van der Waals surface area contributed by atoms with Crippen LogP contribution in [0.4, 0.5) is 4.39 Å². The van der Waals surface area contributed by atoms with Gasteiger partial charge in [0.25, 0.3) is 0 Å². The molecular formula is C16H16FNO2. The number of aromatic nitrogens is 1. The normalized spacial score (nSPS) is 11.9. The van der Waals surface area contributed by atoms with Crippen molar-refractivity contribution in [2.24, 2.45) is 0 Å². The standard InChI is InChI=1S/C16H16FNO2/c1-11(12-3-5-14(17)6-4-12)9-13-10-18-8-7-15(13)16(19)20-2/h3-8,10-11H,9H2,1-2H3/t11-/m0/s1. The molecule has 0 saturated heterocycles. The zero-order chi connectivity index (χ0) is 14.5. The molecule has 0 radical (unpaired) electrons. The molecule has 0 spiro atoms. The molecule has 0 aliphatic rings. The molecule has 0 fully saturated rings. The van der Waals surface area contributed by atoms with E-state index in [1.165, 1.54) is 19.2 Å². The van der Waals surface area contributed by atoms with Crippen molar-refractivity contribution < 1.29 is 13.9 Å². The molecule has 1 heterocycles. The molecule has 1 aromatic heterocycles. The van der Waals surface area contributed by atoms with Crippen LogP contribution in [0.2, 0.25) is 0 Å². The number of carbonyl (C=O) groups is 1. The van der Waals surface area contributed by atoms with Crippen LogP contribution in [0.1, 0.15) is 34.3 Å². The van der Waals surface area contributed by atoms with Crippen LogP contribution in [-0.4, -0.2) is 18.1 Å². The SMILES string of the molecule is COC(=O)c1ccncc1C[C@H](C)c1ccc(F)cc1. The molecular weight excluding hydrogens is 257 g/mol. The molecule has 20 heavy (non-hydrogen) atoms. The van der Waals surface area contributed by atoms with Gasteiger partial charge in [0.05, 0.1) is 12.7 Å². The Kier molecular flexibility index (Phi) is 4.45. The van der Waals surface area contributed by atoms with Gasteiger partial charge < -0.3 is 4.74 Å². The summed E-state index contributed by atoms with van der Waals surface area (Å²) in [6.07, 6.45) is 3.88. The highest BCUT2D eigenvalue weighted by Crippen LogP contribution is 2.22. The number of hydrogen-bond acceptors (Lipinski definition) is 3. The van der Waals surface area contributed by atoms with Crippen LogP contribution in [0.3, 0.4) is 0 Å². The van der Waals surface area contributed by atoms with Crippen molar-refractivity contribution in [3.63, 3.8) is 0 Å². The van der Waals surface area contributed by atoms with Gasteiger partial charge in [0, 0.05) is 12.4 Å². The zero-order valence-corrected chi connectivity index (χ0v) is 11.5. The minimum absolute atomic E-state index is 0.156. The molecule has 1 aromatic carbocycles. The average molecular weight is 273 g/mol. The fraction of sp³-hybridized carbons (Fsp3) is 0.250. The van der Waals surface area contributed by atoms with Gasteiger partial charge in [0.1, 0.15) is 5.82 Å². The average Bonchev–Trinajstić information content (AvgIpc) is 2.47. The highest BCUT2D eigenvalue weighted by molar-refractivity contribution is 5.90. The lowest BCUT2D eigenvalue weighted by molar-refractivity contribution is 0.0599. The van der Waals surface area contributed by atoms with Crippen molar-refractivity contribution in [3.8, 4) is 0 Å². The molecule has 0 N–H and O–H groups in total. The fourth-order valence-electron chi connectivity index (χ4n) is 2.14. The first kappa shape index (κ1) is 14.2. The van der Waals surface area contributed by atoms with E-state index in [-0.39, 0.29) is 17.7 Å². The van der Waals surface area contributed by atoms with Crippen molar-refractivity contribution in [2.75, 3.05) is 7.11 Å². The molecule has 0 saturated carbocycles. The van der Waals surface area contributed by atoms with Gasteiger partial charge in [-0.25, -0.2) is 9.18 Å². The molecule has 2 rings (SSSR count). The quantitative estimate of drug-likeness (QED) is 0.802. The second-order valence-corrected chi connectivity index (χ2v) is 4.68. The van der Waals surface area contributed by atoms with Crippen molar-refractivity contribution in [1.29, 1.82) is 0 Å². The maximum atomic E-state index is 12.9. The summed E-state index contributed by atoms with van der Waals surface area (Å²) in [5.74, 6) is -0.463. The maximum Gasteiger partial charge on any atom is 0.338 e. The molecule has 104 valence electrons. The predicted molar refractivity (Wildman–Crippen MR) is 74.1 cm³/mol. The summed E-state index contributed by atoms with van der Waals surface area (Å²) >= 11 is 0. The van der Waals surface area contributed by atoms with Crippen LogP contribution in [0.15, 0.2) is 42.7 Å². The topological polar surface area (TPSA) is 39.2 Å². The van der Waals surface area contributed by atoms with Crippen molar-refractivity contribution >= 4 is 5.97 Å². The number of halogens is 1. The summed E-state index contributed by atoms with van der Waals surface area (Å²) in [7, 11) is 1.36. The van der Waals surface area contributed by atoms with Crippen LogP contribution in [0.25, 0.3) is 0 Å². The van der Waals surface area contributed by atoms with Crippen LogP contribution in [0, 0.1) is 5.82 Å². The number of hydrogen-bond donors (Lipinski definition) is 0. The zero-order valence-electron chi connectivity index (χ0n) is 11.5. The van der Waals surface area contributed by atoms with E-state index in [4.69, 9.17) is 4.74 Å². The Balaban J connectivity index is 2.21. The lowest BCUT2D eigenvalue weighted by Crippen LogP contribution is -2.08. The van der Waals surface area contributed by atoms with Gasteiger partial charge in [-0.15, -0.1) is 0 Å². The molecule has 0 bridgehead atoms. The summed E-state index contributed by atoms with van der Waals surface area (Å²) in [6, 6.07) is 8.05. The molecule has 2 aromatic rings. The molecule has 0 unspecified atom stereocenters. The third-order valence-corrected chi connectivity index (χ3v) is 3.27. The Morgan fingerprint density at radius 2 is 2.00 bits per heavy atom. The number of nitrogens with zero attached hydrogens (tertiary/aromatic N) is 1. The summed E-state index contributed by atoms with van der Waals surface area (Å²) in [5.41, 5.74) is 2.37. The molecule has 4 heteroatoms. The first-order valence-corrected chi connectivity index (χ1v) is 6.38. The summed E-state index contributed by atoms with van der Waals surface area (Å²) in [5, 5.41) is 0. The fourth-order valence-corrected chi connectivity index (χ4v) is 2.14. The van der Waals surface area contributed by atoms with Crippen molar-refractivity contribution in [2.45, 2.75) is 19.3 Å². The number of pyridine rings is 1. The monoisotopic (exact) mass is 273 g/mol. The predicted octanol–water partition coefficient (Wildman–Crippen LogP) is 3.35. The first-order chi connectivity index (χ1) is 9.61. The molecule has 1 atom stereocenters. The lowest BCUT2D eigenvalue weighted by atomic mass is 9.92. The van der Waals surface area contributed by atoms with Gasteiger partial charge in [0.15, 0.2) is 0 Å². The van der Waals surface area contributed by atoms with E-state index < -0.39 is 0 Å². The van der Waals surface area contributed by atoms with Gasteiger partial charge in [-0.2, -0.15) is 0 Å². The van der Waals surface area contributed by atoms with Crippen molar-refractivity contribution in [1.82, 2.24) is 4.98 Å². The summed E-state index contributed by atoms with van der Waals surface area (Å²) < 4.78 is 17.7. The van der Waals surface area contributed by atoms with E-state index in [2.05, 4.69) is 4.98 Å². The van der Waals surface area contributed by atoms with Gasteiger partial charge in [0.2, 0.25) is 0 Å². The molecule has 0 aliphatic carbocycles. The van der Waals surface area contributed by atoms with E-state index in [0.29, 0.717) is 12.0 Å². The number of benzene rings is 1. The molecule has 0 aliphatic heterocycles. The second-order valence-electron chi connectivity index (χ2n) is 4.68. The smallest absolute Gasteiger partial charge is 0.338 e.